The number of benzene rings is 1. The molecule has 2 rings (SSSR count). The zero-order valence-corrected chi connectivity index (χ0v) is 12.8. The zero-order valence-electron chi connectivity index (χ0n) is 11.2. The Balaban J connectivity index is 2.27. The average molecular weight is 357 g/mol. The molecule has 0 aliphatic carbocycles. The Labute approximate surface area is 129 Å². The van der Waals surface area contributed by atoms with E-state index in [-0.39, 0.29) is 23.7 Å². The van der Waals surface area contributed by atoms with Crippen molar-refractivity contribution in [1.29, 1.82) is 0 Å². The van der Waals surface area contributed by atoms with Gasteiger partial charge in [-0.05, 0) is 40.5 Å². The van der Waals surface area contributed by atoms with Crippen molar-refractivity contribution in [3.8, 4) is 6.01 Å². The number of halogens is 2. The molecule has 1 aromatic heterocycles. The lowest BCUT2D eigenvalue weighted by Crippen LogP contribution is -2.14. The van der Waals surface area contributed by atoms with E-state index < -0.39 is 0 Å². The fraction of sp³-hybridized carbons (Fsp3) is 0.250. The monoisotopic (exact) mass is 356 g/mol. The highest BCUT2D eigenvalue weighted by Gasteiger charge is 2.09. The quantitative estimate of drug-likeness (QED) is 0.540. The fourth-order valence-electron chi connectivity index (χ4n) is 1.45. The molecule has 0 saturated carbocycles. The number of nitrogen functional groups attached to an aromatic ring is 1. The van der Waals surface area contributed by atoms with Crippen molar-refractivity contribution >= 4 is 33.5 Å². The second-order valence-corrected chi connectivity index (χ2v) is 4.86. The predicted molar refractivity (Wildman–Crippen MR) is 80.8 cm³/mol. The van der Waals surface area contributed by atoms with Crippen molar-refractivity contribution in [2.24, 2.45) is 5.84 Å². The van der Waals surface area contributed by atoms with E-state index in [4.69, 9.17) is 10.6 Å². The van der Waals surface area contributed by atoms with Crippen LogP contribution in [0.4, 0.5) is 22.0 Å². The van der Waals surface area contributed by atoms with Crippen LogP contribution in [-0.2, 0) is 0 Å². The van der Waals surface area contributed by atoms with Gasteiger partial charge in [0.15, 0.2) is 0 Å². The Hall–Kier alpha value is -2.00. The summed E-state index contributed by atoms with van der Waals surface area (Å²) in [6.07, 6.45) is 0.815. The van der Waals surface area contributed by atoms with Crippen molar-refractivity contribution in [3.05, 3.63) is 28.5 Å². The number of hydrogen-bond acceptors (Lipinski definition) is 7. The molecule has 0 atom stereocenters. The molecule has 0 saturated heterocycles. The van der Waals surface area contributed by atoms with Crippen LogP contribution in [-0.4, -0.2) is 21.6 Å². The molecule has 9 heteroatoms. The lowest BCUT2D eigenvalue weighted by atomic mass is 10.3. The van der Waals surface area contributed by atoms with E-state index >= 15 is 0 Å². The topological polar surface area (TPSA) is 98.0 Å². The highest BCUT2D eigenvalue weighted by molar-refractivity contribution is 9.10. The Morgan fingerprint density at radius 1 is 1.29 bits per heavy atom. The molecule has 0 bridgehead atoms. The molecule has 1 heterocycles. The molecule has 0 fully saturated rings. The fourth-order valence-corrected chi connectivity index (χ4v) is 1.79. The Morgan fingerprint density at radius 3 is 2.76 bits per heavy atom. The number of nitrogens with one attached hydrogen (secondary N) is 2. The number of anilines is 3. The molecule has 0 aliphatic heterocycles. The van der Waals surface area contributed by atoms with Crippen LogP contribution in [0.5, 0.6) is 6.01 Å². The normalized spacial score (nSPS) is 10.3. The first-order chi connectivity index (χ1) is 10.1. The smallest absolute Gasteiger partial charge is 0.323 e. The first kappa shape index (κ1) is 15.4. The van der Waals surface area contributed by atoms with Gasteiger partial charge in [-0.25, -0.2) is 10.2 Å². The average Bonchev–Trinajstić information content (AvgIpc) is 2.48. The minimum Gasteiger partial charge on any atom is -0.463 e. The van der Waals surface area contributed by atoms with E-state index in [1.165, 1.54) is 12.1 Å². The molecule has 0 amide bonds. The van der Waals surface area contributed by atoms with Gasteiger partial charge in [0.25, 0.3) is 0 Å². The van der Waals surface area contributed by atoms with Crippen molar-refractivity contribution in [2.75, 3.05) is 17.3 Å². The summed E-state index contributed by atoms with van der Waals surface area (Å²) in [5.41, 5.74) is 2.81. The summed E-state index contributed by atoms with van der Waals surface area (Å²) < 4.78 is 19.3. The number of nitrogens with two attached hydrogens (primary N) is 1. The van der Waals surface area contributed by atoms with Gasteiger partial charge in [-0.15, -0.1) is 0 Å². The predicted octanol–water partition coefficient (Wildman–Crippen LogP) is 2.59. The van der Waals surface area contributed by atoms with E-state index in [0.717, 1.165) is 6.42 Å². The van der Waals surface area contributed by atoms with Crippen LogP contribution < -0.4 is 21.3 Å². The van der Waals surface area contributed by atoms with Crippen molar-refractivity contribution in [3.63, 3.8) is 0 Å². The first-order valence-electron chi connectivity index (χ1n) is 6.20. The van der Waals surface area contributed by atoms with Gasteiger partial charge in [0.2, 0.25) is 11.9 Å². The minimum absolute atomic E-state index is 0.134. The maximum atomic E-state index is 13.3. The van der Waals surface area contributed by atoms with Gasteiger partial charge in [-0.3, -0.25) is 5.43 Å². The SMILES string of the molecule is CCCOc1nc(NN)nc(Nc2cc(F)ccc2Br)n1. The number of rotatable bonds is 6. The second kappa shape index (κ2) is 7.14. The van der Waals surface area contributed by atoms with Crippen molar-refractivity contribution < 1.29 is 9.13 Å². The van der Waals surface area contributed by atoms with Gasteiger partial charge in [0.1, 0.15) is 5.82 Å². The standard InChI is InChI=1S/C12H14BrFN6O/c1-2-5-21-12-18-10(17-11(19-12)20-15)16-9-6-7(14)3-4-8(9)13/h3-4,6H,2,5,15H2,1H3,(H2,16,17,18,19,20). The number of hydrazine groups is 1. The van der Waals surface area contributed by atoms with Gasteiger partial charge in [0.05, 0.1) is 12.3 Å². The van der Waals surface area contributed by atoms with Crippen LogP contribution in [0.2, 0.25) is 0 Å². The van der Waals surface area contributed by atoms with Crippen LogP contribution >= 0.6 is 15.9 Å². The summed E-state index contributed by atoms with van der Waals surface area (Å²) >= 11 is 3.31. The van der Waals surface area contributed by atoms with Gasteiger partial charge in [0, 0.05) is 4.47 Å². The van der Waals surface area contributed by atoms with Crippen molar-refractivity contribution in [1.82, 2.24) is 15.0 Å². The van der Waals surface area contributed by atoms with Crippen LogP contribution in [0.25, 0.3) is 0 Å². The number of aromatic nitrogens is 3. The first-order valence-corrected chi connectivity index (χ1v) is 6.99. The molecule has 0 unspecified atom stereocenters. The molecule has 1 aromatic carbocycles. The highest BCUT2D eigenvalue weighted by atomic mass is 79.9. The molecule has 4 N–H and O–H groups in total. The molecule has 112 valence electrons. The number of hydrogen-bond donors (Lipinski definition) is 3. The summed E-state index contributed by atoms with van der Waals surface area (Å²) in [6, 6.07) is 4.37. The van der Waals surface area contributed by atoms with Gasteiger partial charge < -0.3 is 10.1 Å². The Bertz CT molecular complexity index is 627. The van der Waals surface area contributed by atoms with Crippen LogP contribution in [0, 0.1) is 5.82 Å². The van der Waals surface area contributed by atoms with Gasteiger partial charge in [-0.2, -0.15) is 15.0 Å². The molecule has 7 nitrogen and oxygen atoms in total. The molecule has 21 heavy (non-hydrogen) atoms. The maximum Gasteiger partial charge on any atom is 0.323 e. The molecular weight excluding hydrogens is 343 g/mol. The third-order valence-electron chi connectivity index (χ3n) is 2.35. The van der Waals surface area contributed by atoms with E-state index in [1.54, 1.807) is 6.07 Å². The summed E-state index contributed by atoms with van der Waals surface area (Å²) in [5, 5.41) is 2.88. The summed E-state index contributed by atoms with van der Waals surface area (Å²) in [4.78, 5) is 12.1. The molecule has 2 aromatic rings. The van der Waals surface area contributed by atoms with E-state index in [9.17, 15) is 4.39 Å². The summed E-state index contributed by atoms with van der Waals surface area (Å²) in [7, 11) is 0. The lowest BCUT2D eigenvalue weighted by molar-refractivity contribution is 0.292. The molecule has 0 spiro atoms. The van der Waals surface area contributed by atoms with Crippen LogP contribution in [0.3, 0.4) is 0 Å². The Kier molecular flexibility index (Phi) is 5.23. The third-order valence-corrected chi connectivity index (χ3v) is 3.05. The maximum absolute atomic E-state index is 13.3. The third kappa shape index (κ3) is 4.23. The molecule has 0 radical (unpaired) electrons. The Morgan fingerprint density at radius 2 is 2.05 bits per heavy atom. The summed E-state index contributed by atoms with van der Waals surface area (Å²) in [5.74, 6) is 5.26. The highest BCUT2D eigenvalue weighted by Crippen LogP contribution is 2.26. The van der Waals surface area contributed by atoms with Gasteiger partial charge >= 0.3 is 6.01 Å². The van der Waals surface area contributed by atoms with Gasteiger partial charge in [-0.1, -0.05) is 6.92 Å². The lowest BCUT2D eigenvalue weighted by Gasteiger charge is -2.10. The van der Waals surface area contributed by atoms with Crippen LogP contribution in [0.15, 0.2) is 22.7 Å². The largest absolute Gasteiger partial charge is 0.463 e. The second-order valence-electron chi connectivity index (χ2n) is 4.01. The van der Waals surface area contributed by atoms with Crippen molar-refractivity contribution in [2.45, 2.75) is 13.3 Å². The van der Waals surface area contributed by atoms with E-state index in [1.807, 2.05) is 6.92 Å². The minimum atomic E-state index is -0.380. The van der Waals surface area contributed by atoms with E-state index in [0.29, 0.717) is 16.8 Å². The van der Waals surface area contributed by atoms with E-state index in [2.05, 4.69) is 41.6 Å². The number of ether oxygens (including phenoxy) is 1. The van der Waals surface area contributed by atoms with Crippen LogP contribution in [0.1, 0.15) is 13.3 Å². The molecule has 0 aliphatic rings. The molecular formula is C12H14BrFN6O. The summed E-state index contributed by atoms with van der Waals surface area (Å²) in [6.45, 7) is 2.43. The number of nitrogens with zero attached hydrogens (tertiary/aromatic N) is 3. The zero-order chi connectivity index (χ0) is 15.2.